The number of carbonyl (C=O) groups excluding carboxylic acids is 3. The average molecular weight is 1000 g/mol. The first-order valence-electron chi connectivity index (χ1n) is 32.2. The molecule has 0 heterocycles. The SMILES string of the molecule is CCCCCCCCCCCCCCCCCCCCC(=O)O[C@@H](COC(=O)CCCCCCCCCCCCCCCCCCCCC(C)C)COC(=O)CCCCCCCCCCCCCC(C)C. The molecule has 0 spiro atoms. The van der Waals surface area contributed by atoms with Crippen molar-refractivity contribution in [2.24, 2.45) is 11.8 Å². The van der Waals surface area contributed by atoms with E-state index in [1.165, 1.54) is 257 Å². The molecule has 0 aromatic carbocycles. The molecule has 71 heavy (non-hydrogen) atoms. The summed E-state index contributed by atoms with van der Waals surface area (Å²) in [7, 11) is 0. The van der Waals surface area contributed by atoms with E-state index in [9.17, 15) is 14.4 Å². The van der Waals surface area contributed by atoms with Crippen molar-refractivity contribution >= 4 is 17.9 Å². The van der Waals surface area contributed by atoms with E-state index in [2.05, 4.69) is 34.6 Å². The van der Waals surface area contributed by atoms with Crippen molar-refractivity contribution in [1.82, 2.24) is 0 Å². The maximum Gasteiger partial charge on any atom is 0.306 e. The molecular formula is C65H126O6. The van der Waals surface area contributed by atoms with Crippen LogP contribution in [0.1, 0.15) is 369 Å². The number of ether oxygens (including phenoxy) is 3. The zero-order valence-corrected chi connectivity index (χ0v) is 48.9. The van der Waals surface area contributed by atoms with Crippen molar-refractivity contribution in [3.63, 3.8) is 0 Å². The molecule has 6 nitrogen and oxygen atoms in total. The number of hydrogen-bond donors (Lipinski definition) is 0. The van der Waals surface area contributed by atoms with Crippen LogP contribution in [0.5, 0.6) is 0 Å². The quantitative estimate of drug-likeness (QED) is 0.0343. The third-order valence-corrected chi connectivity index (χ3v) is 15.0. The highest BCUT2D eigenvalue weighted by atomic mass is 16.6. The number of carbonyl (C=O) groups is 3. The van der Waals surface area contributed by atoms with Gasteiger partial charge in [0.05, 0.1) is 0 Å². The standard InChI is InChI=1S/C65H126O6/c1-6-7-8-9-10-11-12-13-14-15-19-23-26-31-37-42-47-52-57-65(68)71-62(59-70-64(67)56-51-46-41-36-32-27-29-34-39-44-49-54-61(4)5)58-69-63(66)55-50-45-40-35-30-25-22-20-17-16-18-21-24-28-33-38-43-48-53-60(2)3/h60-62H,6-59H2,1-5H3/t62-/m0/s1. The molecule has 0 aliphatic rings. The van der Waals surface area contributed by atoms with Gasteiger partial charge in [0.15, 0.2) is 6.10 Å². The third kappa shape index (κ3) is 59.2. The Labute approximate surface area is 444 Å². The van der Waals surface area contributed by atoms with E-state index in [0.29, 0.717) is 19.3 Å². The minimum atomic E-state index is -0.764. The Hall–Kier alpha value is -1.59. The maximum atomic E-state index is 12.9. The molecule has 0 aliphatic carbocycles. The summed E-state index contributed by atoms with van der Waals surface area (Å²) >= 11 is 0. The molecule has 0 unspecified atom stereocenters. The van der Waals surface area contributed by atoms with Crippen molar-refractivity contribution < 1.29 is 28.6 Å². The molecule has 0 saturated carbocycles. The Balaban J connectivity index is 4.26. The van der Waals surface area contributed by atoms with E-state index < -0.39 is 6.10 Å². The summed E-state index contributed by atoms with van der Waals surface area (Å²) in [6.45, 7) is 11.4. The first-order chi connectivity index (χ1) is 34.7. The normalized spacial score (nSPS) is 12.0. The number of rotatable bonds is 59. The van der Waals surface area contributed by atoms with Gasteiger partial charge < -0.3 is 14.2 Å². The number of unbranched alkanes of at least 4 members (excludes halogenated alkanes) is 44. The van der Waals surface area contributed by atoms with Gasteiger partial charge in [-0.3, -0.25) is 14.4 Å². The lowest BCUT2D eigenvalue weighted by atomic mass is 10.0. The summed E-state index contributed by atoms with van der Waals surface area (Å²) in [5.41, 5.74) is 0. The lowest BCUT2D eigenvalue weighted by Crippen LogP contribution is -2.30. The Kier molecular flexibility index (Phi) is 56.4. The molecule has 0 bridgehead atoms. The molecular weight excluding hydrogens is 877 g/mol. The molecule has 422 valence electrons. The molecule has 0 radical (unpaired) electrons. The van der Waals surface area contributed by atoms with E-state index in [1.807, 2.05) is 0 Å². The molecule has 0 aromatic rings. The zero-order chi connectivity index (χ0) is 51.8. The highest BCUT2D eigenvalue weighted by Gasteiger charge is 2.19. The van der Waals surface area contributed by atoms with Crippen LogP contribution in [0.3, 0.4) is 0 Å². The second-order valence-electron chi connectivity index (χ2n) is 23.4. The monoisotopic (exact) mass is 1000 g/mol. The second-order valence-corrected chi connectivity index (χ2v) is 23.4. The van der Waals surface area contributed by atoms with Gasteiger partial charge in [-0.2, -0.15) is 0 Å². The van der Waals surface area contributed by atoms with Gasteiger partial charge >= 0.3 is 17.9 Å². The fourth-order valence-electron chi connectivity index (χ4n) is 10.1. The first kappa shape index (κ1) is 69.4. The molecule has 0 rings (SSSR count). The minimum absolute atomic E-state index is 0.0619. The van der Waals surface area contributed by atoms with Crippen LogP contribution in [0.25, 0.3) is 0 Å². The maximum absolute atomic E-state index is 12.9. The highest BCUT2D eigenvalue weighted by Crippen LogP contribution is 2.19. The molecule has 0 aliphatic heterocycles. The van der Waals surface area contributed by atoms with Gasteiger partial charge in [0.2, 0.25) is 0 Å². The highest BCUT2D eigenvalue weighted by molar-refractivity contribution is 5.71. The fourth-order valence-corrected chi connectivity index (χ4v) is 10.1. The molecule has 0 saturated heterocycles. The van der Waals surface area contributed by atoms with Crippen LogP contribution in [-0.2, 0) is 28.6 Å². The summed E-state index contributed by atoms with van der Waals surface area (Å²) in [5, 5.41) is 0. The first-order valence-corrected chi connectivity index (χ1v) is 32.2. The predicted octanol–water partition coefficient (Wildman–Crippen LogP) is 21.6. The number of hydrogen-bond acceptors (Lipinski definition) is 6. The van der Waals surface area contributed by atoms with Gasteiger partial charge in [0.1, 0.15) is 13.2 Å². The third-order valence-electron chi connectivity index (χ3n) is 15.0. The van der Waals surface area contributed by atoms with Crippen molar-refractivity contribution in [2.75, 3.05) is 13.2 Å². The Morgan fingerprint density at radius 3 is 0.690 bits per heavy atom. The summed E-state index contributed by atoms with van der Waals surface area (Å²) in [5.74, 6) is 0.854. The molecule has 0 amide bonds. The van der Waals surface area contributed by atoms with Gasteiger partial charge in [-0.15, -0.1) is 0 Å². The van der Waals surface area contributed by atoms with Gasteiger partial charge in [-0.25, -0.2) is 0 Å². The number of esters is 3. The van der Waals surface area contributed by atoms with Crippen LogP contribution in [0.4, 0.5) is 0 Å². The largest absolute Gasteiger partial charge is 0.462 e. The van der Waals surface area contributed by atoms with E-state index in [4.69, 9.17) is 14.2 Å². The summed E-state index contributed by atoms with van der Waals surface area (Å²) in [6, 6.07) is 0. The lowest BCUT2D eigenvalue weighted by molar-refractivity contribution is -0.167. The zero-order valence-electron chi connectivity index (χ0n) is 48.9. The van der Waals surface area contributed by atoms with Crippen LogP contribution in [-0.4, -0.2) is 37.2 Å². The second kappa shape index (κ2) is 57.7. The summed E-state index contributed by atoms with van der Waals surface area (Å²) in [4.78, 5) is 38.3. The fraction of sp³-hybridized carbons (Fsp3) is 0.954. The lowest BCUT2D eigenvalue weighted by Gasteiger charge is -2.18. The summed E-state index contributed by atoms with van der Waals surface area (Å²) < 4.78 is 17.0. The van der Waals surface area contributed by atoms with Crippen LogP contribution >= 0.6 is 0 Å². The molecule has 6 heteroatoms. The van der Waals surface area contributed by atoms with E-state index in [-0.39, 0.29) is 31.1 Å². The molecule has 0 aromatic heterocycles. The van der Waals surface area contributed by atoms with E-state index in [0.717, 1.165) is 69.6 Å². The average Bonchev–Trinajstić information content (AvgIpc) is 3.35. The molecule has 0 fully saturated rings. The van der Waals surface area contributed by atoms with Gasteiger partial charge in [-0.05, 0) is 31.1 Å². The Bertz CT molecular complexity index is 1090. The topological polar surface area (TPSA) is 78.9 Å². The molecule has 0 N–H and O–H groups in total. The Morgan fingerprint density at radius 1 is 0.268 bits per heavy atom. The van der Waals surface area contributed by atoms with E-state index in [1.54, 1.807) is 0 Å². The van der Waals surface area contributed by atoms with Crippen LogP contribution in [0.2, 0.25) is 0 Å². The predicted molar refractivity (Wildman–Crippen MR) is 307 cm³/mol. The Morgan fingerprint density at radius 2 is 0.465 bits per heavy atom. The molecule has 1 atom stereocenters. The van der Waals surface area contributed by atoms with Gasteiger partial charge in [-0.1, -0.05) is 330 Å². The van der Waals surface area contributed by atoms with Crippen molar-refractivity contribution in [1.29, 1.82) is 0 Å². The van der Waals surface area contributed by atoms with Crippen LogP contribution in [0.15, 0.2) is 0 Å². The van der Waals surface area contributed by atoms with Crippen LogP contribution < -0.4 is 0 Å². The smallest absolute Gasteiger partial charge is 0.306 e. The minimum Gasteiger partial charge on any atom is -0.462 e. The van der Waals surface area contributed by atoms with Gasteiger partial charge in [0.25, 0.3) is 0 Å². The van der Waals surface area contributed by atoms with Crippen molar-refractivity contribution in [2.45, 2.75) is 375 Å². The van der Waals surface area contributed by atoms with Crippen LogP contribution in [0, 0.1) is 11.8 Å². The van der Waals surface area contributed by atoms with Crippen molar-refractivity contribution in [3.8, 4) is 0 Å². The summed E-state index contributed by atoms with van der Waals surface area (Å²) in [6.07, 6.45) is 63.9. The van der Waals surface area contributed by atoms with Crippen molar-refractivity contribution in [3.05, 3.63) is 0 Å². The van der Waals surface area contributed by atoms with Gasteiger partial charge in [0, 0.05) is 19.3 Å². The van der Waals surface area contributed by atoms with E-state index >= 15 is 0 Å².